The fraction of sp³-hybridized carbons (Fsp3) is 0.312. The minimum atomic E-state index is 0.709. The molecule has 1 aromatic carbocycles. The van der Waals surface area contributed by atoms with E-state index in [1.54, 1.807) is 14.2 Å². The van der Waals surface area contributed by atoms with Crippen molar-refractivity contribution in [3.05, 3.63) is 54.4 Å². The molecule has 2 aromatic rings. The topological polar surface area (TPSA) is 50.6 Å². The van der Waals surface area contributed by atoms with Crippen molar-refractivity contribution in [1.82, 2.24) is 15.2 Å². The quantitative estimate of drug-likeness (QED) is 0.629. The van der Waals surface area contributed by atoms with Gasteiger partial charge in [-0.05, 0) is 29.8 Å². The number of nitrogens with zero attached hydrogens (tertiary/aromatic N) is 2. The molecule has 0 fully saturated rings. The van der Waals surface area contributed by atoms with Crippen LogP contribution < -0.4 is 15.4 Å². The normalized spacial score (nSPS) is 11.2. The zero-order valence-corrected chi connectivity index (χ0v) is 12.5. The summed E-state index contributed by atoms with van der Waals surface area (Å²) in [6, 6.07) is 12.0. The van der Waals surface area contributed by atoms with E-state index in [1.165, 1.54) is 0 Å². The maximum atomic E-state index is 5.22. The highest BCUT2D eigenvalue weighted by atomic mass is 16.5. The second-order valence-corrected chi connectivity index (χ2v) is 4.62. The van der Waals surface area contributed by atoms with Gasteiger partial charge in [-0.3, -0.25) is 4.99 Å². The summed E-state index contributed by atoms with van der Waals surface area (Å²) in [6.07, 6.45) is 4.10. The fourth-order valence-corrected chi connectivity index (χ4v) is 2.01. The SMILES string of the molecule is CN=C(NCCn1cccc1)NCc1cccc(OC)c1. The maximum Gasteiger partial charge on any atom is 0.191 e. The average molecular weight is 286 g/mol. The summed E-state index contributed by atoms with van der Waals surface area (Å²) in [5, 5.41) is 6.58. The van der Waals surface area contributed by atoms with Gasteiger partial charge in [0.1, 0.15) is 5.75 Å². The molecule has 0 aliphatic carbocycles. The van der Waals surface area contributed by atoms with E-state index in [-0.39, 0.29) is 0 Å². The standard InChI is InChI=1S/C16H22N4O/c1-17-16(18-8-11-20-9-3-4-10-20)19-13-14-6-5-7-15(12-14)21-2/h3-7,9-10,12H,8,11,13H2,1-2H3,(H2,17,18,19). The molecule has 5 heteroatoms. The van der Waals surface area contributed by atoms with E-state index in [9.17, 15) is 0 Å². The third-order valence-electron chi connectivity index (χ3n) is 3.15. The minimum Gasteiger partial charge on any atom is -0.497 e. The van der Waals surface area contributed by atoms with Crippen molar-refractivity contribution in [1.29, 1.82) is 0 Å². The summed E-state index contributed by atoms with van der Waals surface area (Å²) in [4.78, 5) is 4.22. The molecule has 0 bridgehead atoms. The molecule has 0 aliphatic heterocycles. The number of methoxy groups -OCH3 is 1. The van der Waals surface area contributed by atoms with Gasteiger partial charge in [-0.15, -0.1) is 0 Å². The zero-order chi connectivity index (χ0) is 14.9. The molecule has 0 aliphatic rings. The molecule has 2 rings (SSSR count). The lowest BCUT2D eigenvalue weighted by atomic mass is 10.2. The van der Waals surface area contributed by atoms with Crippen LogP contribution >= 0.6 is 0 Å². The van der Waals surface area contributed by atoms with Crippen LogP contribution in [0.4, 0.5) is 0 Å². The molecular formula is C16H22N4O. The fourth-order valence-electron chi connectivity index (χ4n) is 2.01. The molecule has 21 heavy (non-hydrogen) atoms. The van der Waals surface area contributed by atoms with E-state index in [0.717, 1.165) is 30.4 Å². The van der Waals surface area contributed by atoms with Gasteiger partial charge in [0.05, 0.1) is 7.11 Å². The average Bonchev–Trinajstić information content (AvgIpc) is 3.04. The van der Waals surface area contributed by atoms with Crippen LogP contribution in [0, 0.1) is 0 Å². The van der Waals surface area contributed by atoms with Crippen LogP contribution in [0.5, 0.6) is 5.75 Å². The van der Waals surface area contributed by atoms with Gasteiger partial charge in [0.25, 0.3) is 0 Å². The predicted molar refractivity (Wildman–Crippen MR) is 85.6 cm³/mol. The summed E-state index contributed by atoms with van der Waals surface area (Å²) in [5.74, 6) is 1.66. The van der Waals surface area contributed by atoms with Crippen LogP contribution in [0.15, 0.2) is 53.8 Å². The largest absolute Gasteiger partial charge is 0.497 e. The van der Waals surface area contributed by atoms with E-state index >= 15 is 0 Å². The highest BCUT2D eigenvalue weighted by molar-refractivity contribution is 5.79. The van der Waals surface area contributed by atoms with Crippen LogP contribution in [-0.4, -0.2) is 31.2 Å². The first kappa shape index (κ1) is 15.0. The molecular weight excluding hydrogens is 264 g/mol. The van der Waals surface area contributed by atoms with Crippen molar-refractivity contribution in [2.75, 3.05) is 20.7 Å². The van der Waals surface area contributed by atoms with Gasteiger partial charge in [-0.2, -0.15) is 0 Å². The lowest BCUT2D eigenvalue weighted by Crippen LogP contribution is -2.38. The van der Waals surface area contributed by atoms with Gasteiger partial charge >= 0.3 is 0 Å². The number of benzene rings is 1. The first-order valence-electron chi connectivity index (χ1n) is 7.00. The monoisotopic (exact) mass is 286 g/mol. The van der Waals surface area contributed by atoms with Crippen LogP contribution in [0.3, 0.4) is 0 Å². The number of nitrogens with one attached hydrogen (secondary N) is 2. The predicted octanol–water partition coefficient (Wildman–Crippen LogP) is 1.86. The molecule has 2 N–H and O–H groups in total. The number of aliphatic imine (C=N–C) groups is 1. The number of aromatic nitrogens is 1. The molecule has 0 atom stereocenters. The van der Waals surface area contributed by atoms with Crippen molar-refractivity contribution in [2.45, 2.75) is 13.1 Å². The third kappa shape index (κ3) is 4.87. The summed E-state index contributed by atoms with van der Waals surface area (Å²) >= 11 is 0. The summed E-state index contributed by atoms with van der Waals surface area (Å²) in [7, 11) is 3.45. The smallest absolute Gasteiger partial charge is 0.191 e. The zero-order valence-electron chi connectivity index (χ0n) is 12.5. The van der Waals surface area contributed by atoms with E-state index in [2.05, 4.69) is 26.3 Å². The van der Waals surface area contributed by atoms with Gasteiger partial charge in [0.2, 0.25) is 0 Å². The molecule has 1 aromatic heterocycles. The Bertz CT molecular complexity index is 563. The number of ether oxygens (including phenoxy) is 1. The first-order valence-corrected chi connectivity index (χ1v) is 7.00. The first-order chi connectivity index (χ1) is 10.3. The number of hydrogen-bond donors (Lipinski definition) is 2. The van der Waals surface area contributed by atoms with Crippen molar-refractivity contribution in [2.24, 2.45) is 4.99 Å². The number of rotatable bonds is 6. The van der Waals surface area contributed by atoms with Crippen LogP contribution in [0.25, 0.3) is 0 Å². The molecule has 1 heterocycles. The van der Waals surface area contributed by atoms with Gasteiger partial charge < -0.3 is 19.9 Å². The third-order valence-corrected chi connectivity index (χ3v) is 3.15. The second-order valence-electron chi connectivity index (χ2n) is 4.62. The van der Waals surface area contributed by atoms with Gasteiger partial charge in [-0.25, -0.2) is 0 Å². The molecule has 112 valence electrons. The Morgan fingerprint density at radius 1 is 1.19 bits per heavy atom. The number of hydrogen-bond acceptors (Lipinski definition) is 2. The van der Waals surface area contributed by atoms with Gasteiger partial charge in [0.15, 0.2) is 5.96 Å². The van der Waals surface area contributed by atoms with Crippen molar-refractivity contribution in [3.8, 4) is 5.75 Å². The molecule has 0 saturated heterocycles. The van der Waals surface area contributed by atoms with Crippen molar-refractivity contribution in [3.63, 3.8) is 0 Å². The number of guanidine groups is 1. The van der Waals surface area contributed by atoms with Gasteiger partial charge in [0, 0.05) is 39.1 Å². The Morgan fingerprint density at radius 2 is 2.00 bits per heavy atom. The summed E-state index contributed by atoms with van der Waals surface area (Å²) < 4.78 is 7.35. The van der Waals surface area contributed by atoms with Crippen LogP contribution in [0.2, 0.25) is 0 Å². The lowest BCUT2D eigenvalue weighted by molar-refractivity contribution is 0.414. The molecule has 0 unspecified atom stereocenters. The summed E-state index contributed by atoms with van der Waals surface area (Å²) in [6.45, 7) is 2.44. The Morgan fingerprint density at radius 3 is 2.71 bits per heavy atom. The highest BCUT2D eigenvalue weighted by Gasteiger charge is 1.99. The molecule has 0 spiro atoms. The Hall–Kier alpha value is -2.43. The van der Waals surface area contributed by atoms with E-state index < -0.39 is 0 Å². The van der Waals surface area contributed by atoms with Crippen molar-refractivity contribution < 1.29 is 4.74 Å². The highest BCUT2D eigenvalue weighted by Crippen LogP contribution is 2.11. The lowest BCUT2D eigenvalue weighted by Gasteiger charge is -2.12. The van der Waals surface area contributed by atoms with Crippen molar-refractivity contribution >= 4 is 5.96 Å². The molecule has 0 amide bonds. The summed E-state index contributed by atoms with van der Waals surface area (Å²) in [5.41, 5.74) is 1.16. The Balaban J connectivity index is 1.76. The Kier molecular flexibility index (Phi) is 5.70. The van der Waals surface area contributed by atoms with E-state index in [0.29, 0.717) is 6.54 Å². The van der Waals surface area contributed by atoms with E-state index in [1.807, 2.05) is 42.7 Å². The van der Waals surface area contributed by atoms with Crippen LogP contribution in [0.1, 0.15) is 5.56 Å². The molecule has 0 radical (unpaired) electrons. The van der Waals surface area contributed by atoms with E-state index in [4.69, 9.17) is 4.74 Å². The Labute approximate surface area is 125 Å². The second kappa shape index (κ2) is 7.99. The minimum absolute atomic E-state index is 0.709. The van der Waals surface area contributed by atoms with Crippen LogP contribution in [-0.2, 0) is 13.1 Å². The molecule has 5 nitrogen and oxygen atoms in total. The molecule has 0 saturated carbocycles. The maximum absolute atomic E-state index is 5.22. The van der Waals surface area contributed by atoms with Gasteiger partial charge in [-0.1, -0.05) is 12.1 Å².